The van der Waals surface area contributed by atoms with Gasteiger partial charge in [0.25, 0.3) is 0 Å². The second-order valence-electron chi connectivity index (χ2n) is 3.73. The van der Waals surface area contributed by atoms with Gasteiger partial charge in [-0.05, 0) is 12.5 Å². The van der Waals surface area contributed by atoms with Crippen molar-refractivity contribution in [2.75, 3.05) is 0 Å². The molecule has 0 N–H and O–H groups in total. The maximum Gasteiger partial charge on any atom is 0.101 e. The fourth-order valence-electron chi connectivity index (χ4n) is 1.72. The molecule has 1 heterocycles. The van der Waals surface area contributed by atoms with E-state index in [0.29, 0.717) is 0 Å². The molecule has 0 aliphatic heterocycles. The molecule has 0 radical (unpaired) electrons. The maximum absolute atomic E-state index is 9.00. The van der Waals surface area contributed by atoms with Gasteiger partial charge in [-0.15, -0.1) is 0 Å². The van der Waals surface area contributed by atoms with Crippen LogP contribution in [0.5, 0.6) is 0 Å². The molecule has 2 nitrogen and oxygen atoms in total. The third kappa shape index (κ3) is 1.77. The van der Waals surface area contributed by atoms with Gasteiger partial charge in [0.15, 0.2) is 0 Å². The second kappa shape index (κ2) is 3.62. The van der Waals surface area contributed by atoms with Gasteiger partial charge in [0.1, 0.15) is 6.07 Å². The Morgan fingerprint density at radius 1 is 1.27 bits per heavy atom. The van der Waals surface area contributed by atoms with E-state index in [1.54, 1.807) is 0 Å². The highest BCUT2D eigenvalue weighted by molar-refractivity contribution is 5.70. The lowest BCUT2D eigenvalue weighted by Gasteiger charge is -1.99. The molecule has 0 aliphatic carbocycles. The van der Waals surface area contributed by atoms with E-state index < -0.39 is 0 Å². The Kier molecular flexibility index (Phi) is 2.31. The number of nitriles is 1. The maximum atomic E-state index is 9.00. The second-order valence-corrected chi connectivity index (χ2v) is 3.73. The van der Waals surface area contributed by atoms with E-state index in [-0.39, 0.29) is 0 Å². The lowest BCUT2D eigenvalue weighted by atomic mass is 10.0. The van der Waals surface area contributed by atoms with Gasteiger partial charge in [0.2, 0.25) is 0 Å². The molecule has 0 saturated carbocycles. The minimum atomic E-state index is 0.725. The van der Waals surface area contributed by atoms with E-state index in [1.165, 1.54) is 5.56 Å². The summed E-state index contributed by atoms with van der Waals surface area (Å²) in [4.78, 5) is 0. The first-order valence-corrected chi connectivity index (χ1v) is 4.84. The van der Waals surface area contributed by atoms with Crippen molar-refractivity contribution >= 4 is 0 Å². The third-order valence-electron chi connectivity index (χ3n) is 2.41. The summed E-state index contributed by atoms with van der Waals surface area (Å²) >= 11 is 0. The zero-order valence-electron chi connectivity index (χ0n) is 8.86. The predicted octanol–water partition coefficient (Wildman–Crippen LogP) is 2.87. The summed E-state index contributed by atoms with van der Waals surface area (Å²) in [6.07, 6.45) is 3.82. The van der Waals surface area contributed by atoms with Gasteiger partial charge in [-0.25, -0.2) is 0 Å². The highest BCUT2D eigenvalue weighted by atomic mass is 14.9. The predicted molar refractivity (Wildman–Crippen MR) is 60.3 cm³/mol. The number of hydrogen-bond acceptors (Lipinski definition) is 1. The van der Waals surface area contributed by atoms with Gasteiger partial charge in [-0.3, -0.25) is 0 Å². The zero-order valence-corrected chi connectivity index (χ0v) is 8.86. The highest BCUT2D eigenvalue weighted by Gasteiger charge is 2.06. The Morgan fingerprint density at radius 3 is 2.73 bits per heavy atom. The molecule has 2 rings (SSSR count). The topological polar surface area (TPSA) is 28.7 Å². The van der Waals surface area contributed by atoms with Crippen LogP contribution < -0.4 is 0 Å². The molecule has 74 valence electrons. The summed E-state index contributed by atoms with van der Waals surface area (Å²) in [5.41, 5.74) is 4.04. The Bertz CT molecular complexity index is 530. The van der Waals surface area contributed by atoms with E-state index in [1.807, 2.05) is 36.1 Å². The van der Waals surface area contributed by atoms with Gasteiger partial charge in [0.05, 0.1) is 5.56 Å². The average Bonchev–Trinajstić information content (AvgIpc) is 2.59. The molecule has 0 bridgehead atoms. The summed E-state index contributed by atoms with van der Waals surface area (Å²) in [5.74, 6) is 0. The van der Waals surface area contributed by atoms with E-state index in [9.17, 15) is 0 Å². The van der Waals surface area contributed by atoms with Crippen molar-refractivity contribution < 1.29 is 0 Å². The normalized spacial score (nSPS) is 9.93. The van der Waals surface area contributed by atoms with Crippen LogP contribution in [-0.2, 0) is 7.05 Å². The minimum Gasteiger partial charge on any atom is -0.355 e. The van der Waals surface area contributed by atoms with Crippen LogP contribution in [0.1, 0.15) is 11.1 Å². The van der Waals surface area contributed by atoms with Crippen LogP contribution in [0.25, 0.3) is 11.1 Å². The Hall–Kier alpha value is -2.01. The van der Waals surface area contributed by atoms with Crippen LogP contribution in [0.4, 0.5) is 0 Å². The highest BCUT2D eigenvalue weighted by Crippen LogP contribution is 2.24. The Morgan fingerprint density at radius 2 is 2.07 bits per heavy atom. The van der Waals surface area contributed by atoms with Crippen LogP contribution >= 0.6 is 0 Å². The molecule has 0 amide bonds. The van der Waals surface area contributed by atoms with Crippen molar-refractivity contribution in [3.8, 4) is 17.2 Å². The largest absolute Gasteiger partial charge is 0.355 e. The molecular formula is C13H12N2. The smallest absolute Gasteiger partial charge is 0.101 e. The molecule has 2 aromatic rings. The van der Waals surface area contributed by atoms with E-state index in [0.717, 1.165) is 16.7 Å². The van der Waals surface area contributed by atoms with Crippen molar-refractivity contribution in [2.24, 2.45) is 7.05 Å². The third-order valence-corrected chi connectivity index (χ3v) is 2.41. The van der Waals surface area contributed by atoms with Gasteiger partial charge in [0, 0.05) is 25.0 Å². The van der Waals surface area contributed by atoms with Crippen molar-refractivity contribution in [3.63, 3.8) is 0 Å². The Balaban J connectivity index is 2.59. The summed E-state index contributed by atoms with van der Waals surface area (Å²) in [5, 5.41) is 9.00. The van der Waals surface area contributed by atoms with Gasteiger partial charge in [-0.2, -0.15) is 5.26 Å². The fraction of sp³-hybridized carbons (Fsp3) is 0.154. The van der Waals surface area contributed by atoms with Gasteiger partial charge in [-0.1, -0.05) is 29.8 Å². The van der Waals surface area contributed by atoms with Gasteiger partial charge >= 0.3 is 0 Å². The van der Waals surface area contributed by atoms with Crippen LogP contribution in [0, 0.1) is 18.3 Å². The van der Waals surface area contributed by atoms with Gasteiger partial charge < -0.3 is 4.57 Å². The first kappa shape index (κ1) is 9.54. The van der Waals surface area contributed by atoms with Crippen LogP contribution in [-0.4, -0.2) is 4.57 Å². The van der Waals surface area contributed by atoms with Crippen LogP contribution in [0.2, 0.25) is 0 Å². The standard InChI is InChI=1S/C13H12N2/c1-10-4-3-5-11(6-10)13-9-15(2)8-12(13)7-14/h3-6,8-9H,1-2H3. The molecule has 0 atom stereocenters. The number of rotatable bonds is 1. The zero-order chi connectivity index (χ0) is 10.8. The number of hydrogen-bond donors (Lipinski definition) is 0. The molecule has 1 aromatic heterocycles. The molecule has 0 spiro atoms. The molecule has 0 fully saturated rings. The summed E-state index contributed by atoms with van der Waals surface area (Å²) in [6.45, 7) is 2.05. The van der Waals surface area contributed by atoms with E-state index in [2.05, 4.69) is 25.1 Å². The van der Waals surface area contributed by atoms with E-state index >= 15 is 0 Å². The number of aromatic nitrogens is 1. The molecule has 1 aromatic carbocycles. The molecule has 0 unspecified atom stereocenters. The molecular weight excluding hydrogens is 184 g/mol. The molecule has 2 heteroatoms. The first-order chi connectivity index (χ1) is 7.20. The quantitative estimate of drug-likeness (QED) is 0.689. The van der Waals surface area contributed by atoms with Crippen molar-refractivity contribution in [2.45, 2.75) is 6.92 Å². The van der Waals surface area contributed by atoms with Crippen molar-refractivity contribution in [3.05, 3.63) is 47.8 Å². The molecule has 0 saturated heterocycles. The lowest BCUT2D eigenvalue weighted by molar-refractivity contribution is 0.927. The van der Waals surface area contributed by atoms with Crippen molar-refractivity contribution in [1.82, 2.24) is 4.57 Å². The molecule has 0 aliphatic rings. The molecule has 15 heavy (non-hydrogen) atoms. The summed E-state index contributed by atoms with van der Waals surface area (Å²) < 4.78 is 1.91. The average molecular weight is 196 g/mol. The first-order valence-electron chi connectivity index (χ1n) is 4.84. The Labute approximate surface area is 89.4 Å². The monoisotopic (exact) mass is 196 g/mol. The van der Waals surface area contributed by atoms with Crippen LogP contribution in [0.3, 0.4) is 0 Å². The van der Waals surface area contributed by atoms with Crippen molar-refractivity contribution in [1.29, 1.82) is 5.26 Å². The minimum absolute atomic E-state index is 0.725. The van der Waals surface area contributed by atoms with E-state index in [4.69, 9.17) is 5.26 Å². The number of nitrogens with zero attached hydrogens (tertiary/aromatic N) is 2. The fourth-order valence-corrected chi connectivity index (χ4v) is 1.72. The number of aryl methyl sites for hydroxylation is 2. The summed E-state index contributed by atoms with van der Waals surface area (Å²) in [7, 11) is 1.93. The lowest BCUT2D eigenvalue weighted by Crippen LogP contribution is -1.80. The summed E-state index contributed by atoms with van der Waals surface area (Å²) in [6, 6.07) is 10.4. The number of benzene rings is 1. The van der Waals surface area contributed by atoms with Crippen LogP contribution in [0.15, 0.2) is 36.7 Å². The SMILES string of the molecule is Cc1cccc(-c2cn(C)cc2C#N)c1.